The third kappa shape index (κ3) is 3.91. The van der Waals surface area contributed by atoms with Gasteiger partial charge in [-0.2, -0.15) is 0 Å². The molecule has 0 aliphatic carbocycles. The van der Waals surface area contributed by atoms with E-state index in [0.717, 1.165) is 11.1 Å². The van der Waals surface area contributed by atoms with Gasteiger partial charge < -0.3 is 4.90 Å². The summed E-state index contributed by atoms with van der Waals surface area (Å²) in [6.07, 6.45) is 1.56. The maximum absolute atomic E-state index is 13.6. The number of hydrogen-bond donors (Lipinski definition) is 0. The average molecular weight is 418 g/mol. The maximum atomic E-state index is 13.6. The Morgan fingerprint density at radius 3 is 2.10 bits per heavy atom. The van der Waals surface area contributed by atoms with Crippen molar-refractivity contribution in [3.63, 3.8) is 0 Å². The zero-order valence-electron chi connectivity index (χ0n) is 17.0. The molecular weight excluding hydrogens is 394 g/mol. The number of carbonyl (C=O) groups is 1. The molecule has 0 bridgehead atoms. The summed E-state index contributed by atoms with van der Waals surface area (Å²) >= 11 is 1.30. The third-order valence-electron chi connectivity index (χ3n) is 5.17. The van der Waals surface area contributed by atoms with Crippen molar-refractivity contribution in [1.29, 1.82) is 0 Å². The van der Waals surface area contributed by atoms with E-state index >= 15 is 0 Å². The molecule has 6 heteroatoms. The molecule has 2 aromatic heterocycles. The number of aryl methyl sites for hydroxylation is 2. The van der Waals surface area contributed by atoms with E-state index in [1.54, 1.807) is 10.9 Å². The van der Waals surface area contributed by atoms with Crippen molar-refractivity contribution >= 4 is 27.5 Å². The molecule has 5 nitrogen and oxygen atoms in total. The quantitative estimate of drug-likeness (QED) is 0.460. The van der Waals surface area contributed by atoms with Crippen LogP contribution in [0.25, 0.3) is 10.2 Å². The summed E-state index contributed by atoms with van der Waals surface area (Å²) in [4.78, 5) is 33.8. The average Bonchev–Trinajstić information content (AvgIpc) is 3.11. The molecule has 0 aliphatic heterocycles. The molecule has 1 amide bonds. The lowest BCUT2D eigenvalue weighted by molar-refractivity contribution is 0.0734. The van der Waals surface area contributed by atoms with Gasteiger partial charge in [0.15, 0.2) is 0 Å². The van der Waals surface area contributed by atoms with Crippen LogP contribution < -0.4 is 5.56 Å². The number of rotatable bonds is 6. The van der Waals surface area contributed by atoms with Gasteiger partial charge in [0.05, 0.1) is 16.6 Å². The SMILES string of the molecule is CCn1cnc2sc(C(=O)N(Cc3ccccc3)Cc3ccccc3)c(C)c2c1=O. The second-order valence-corrected chi connectivity index (χ2v) is 8.20. The zero-order valence-corrected chi connectivity index (χ0v) is 17.9. The van der Waals surface area contributed by atoms with Gasteiger partial charge in [0.1, 0.15) is 4.83 Å². The van der Waals surface area contributed by atoms with Crippen LogP contribution in [-0.4, -0.2) is 20.4 Å². The highest BCUT2D eigenvalue weighted by Gasteiger charge is 2.24. The Kier molecular flexibility index (Phi) is 5.77. The number of carbonyl (C=O) groups excluding carboxylic acids is 1. The van der Waals surface area contributed by atoms with Crippen LogP contribution in [0.5, 0.6) is 0 Å². The molecule has 0 saturated carbocycles. The number of thiophene rings is 1. The first kappa shape index (κ1) is 20.0. The second-order valence-electron chi connectivity index (χ2n) is 7.20. The van der Waals surface area contributed by atoms with Crippen LogP contribution in [0.3, 0.4) is 0 Å². The van der Waals surface area contributed by atoms with E-state index in [2.05, 4.69) is 4.98 Å². The number of amides is 1. The van der Waals surface area contributed by atoms with Gasteiger partial charge in [-0.05, 0) is 30.5 Å². The first-order valence-electron chi connectivity index (χ1n) is 9.94. The maximum Gasteiger partial charge on any atom is 0.264 e. The molecule has 4 aromatic rings. The minimum Gasteiger partial charge on any atom is -0.329 e. The standard InChI is InChI=1S/C24H23N3O2S/c1-3-26-16-25-22-20(23(26)28)17(2)21(30-22)24(29)27(14-18-10-6-4-7-11-18)15-19-12-8-5-9-13-19/h4-13,16H,3,14-15H2,1-2H3. The molecule has 0 unspecified atom stereocenters. The van der Waals surface area contributed by atoms with Crippen molar-refractivity contribution in [3.8, 4) is 0 Å². The van der Waals surface area contributed by atoms with Crippen molar-refractivity contribution in [2.45, 2.75) is 33.5 Å². The van der Waals surface area contributed by atoms with Gasteiger partial charge in [-0.3, -0.25) is 14.2 Å². The van der Waals surface area contributed by atoms with Gasteiger partial charge >= 0.3 is 0 Å². The Morgan fingerprint density at radius 2 is 1.57 bits per heavy atom. The van der Waals surface area contributed by atoms with E-state index in [4.69, 9.17) is 0 Å². The summed E-state index contributed by atoms with van der Waals surface area (Å²) < 4.78 is 1.57. The topological polar surface area (TPSA) is 55.2 Å². The van der Waals surface area contributed by atoms with Gasteiger partial charge in [0, 0.05) is 19.6 Å². The Labute approximate surface area is 179 Å². The molecule has 0 atom stereocenters. The van der Waals surface area contributed by atoms with Crippen LogP contribution in [0.15, 0.2) is 71.8 Å². The first-order valence-corrected chi connectivity index (χ1v) is 10.8. The Balaban J connectivity index is 1.74. The van der Waals surface area contributed by atoms with Gasteiger partial charge in [-0.1, -0.05) is 60.7 Å². The molecule has 0 aliphatic rings. The Bertz CT molecular complexity index is 1190. The smallest absolute Gasteiger partial charge is 0.264 e. The van der Waals surface area contributed by atoms with Crippen molar-refractivity contribution in [1.82, 2.24) is 14.5 Å². The van der Waals surface area contributed by atoms with Crippen LogP contribution in [0.4, 0.5) is 0 Å². The second kappa shape index (κ2) is 8.63. The fraction of sp³-hybridized carbons (Fsp3) is 0.208. The Morgan fingerprint density at radius 1 is 1.00 bits per heavy atom. The van der Waals surface area contributed by atoms with Crippen LogP contribution in [0.2, 0.25) is 0 Å². The summed E-state index contributed by atoms with van der Waals surface area (Å²) in [5.74, 6) is -0.0781. The Hall–Kier alpha value is -3.25. The van der Waals surface area contributed by atoms with E-state index in [-0.39, 0.29) is 11.5 Å². The number of hydrogen-bond acceptors (Lipinski definition) is 4. The highest BCUT2D eigenvalue weighted by Crippen LogP contribution is 2.29. The fourth-order valence-electron chi connectivity index (χ4n) is 3.54. The first-order chi connectivity index (χ1) is 14.6. The summed E-state index contributed by atoms with van der Waals surface area (Å²) in [5.41, 5.74) is 2.75. The lowest BCUT2D eigenvalue weighted by Crippen LogP contribution is -2.30. The molecule has 152 valence electrons. The molecule has 0 saturated heterocycles. The molecule has 2 heterocycles. The predicted octanol–water partition coefficient (Wildman–Crippen LogP) is 4.63. The van der Waals surface area contributed by atoms with Gasteiger partial charge in [-0.25, -0.2) is 4.98 Å². The summed E-state index contributed by atoms with van der Waals surface area (Å²) in [6.45, 7) is 5.29. The van der Waals surface area contributed by atoms with Crippen molar-refractivity contribution in [2.24, 2.45) is 0 Å². The molecule has 0 fully saturated rings. The van der Waals surface area contributed by atoms with E-state index in [1.807, 2.05) is 79.4 Å². The van der Waals surface area contributed by atoms with E-state index < -0.39 is 0 Å². The number of fused-ring (bicyclic) bond motifs is 1. The van der Waals surface area contributed by atoms with E-state index in [9.17, 15) is 9.59 Å². The van der Waals surface area contributed by atoms with Crippen molar-refractivity contribution in [2.75, 3.05) is 0 Å². The molecule has 30 heavy (non-hydrogen) atoms. The lowest BCUT2D eigenvalue weighted by Gasteiger charge is -2.23. The number of benzene rings is 2. The molecule has 0 N–H and O–H groups in total. The molecular formula is C24H23N3O2S. The minimum atomic E-state index is -0.0898. The molecule has 0 radical (unpaired) electrons. The summed E-state index contributed by atoms with van der Waals surface area (Å²) in [5, 5.41) is 0.548. The van der Waals surface area contributed by atoms with Crippen LogP contribution in [-0.2, 0) is 19.6 Å². The largest absolute Gasteiger partial charge is 0.329 e. The molecule has 4 rings (SSSR count). The van der Waals surface area contributed by atoms with E-state index in [1.165, 1.54) is 11.3 Å². The number of nitrogens with zero attached hydrogens (tertiary/aromatic N) is 3. The third-order valence-corrected chi connectivity index (χ3v) is 6.36. The van der Waals surface area contributed by atoms with Gasteiger partial charge in [0.2, 0.25) is 0 Å². The van der Waals surface area contributed by atoms with E-state index in [0.29, 0.717) is 40.3 Å². The molecule has 0 spiro atoms. The lowest BCUT2D eigenvalue weighted by atomic mass is 10.1. The van der Waals surface area contributed by atoms with Crippen LogP contribution in [0, 0.1) is 6.92 Å². The van der Waals surface area contributed by atoms with Crippen molar-refractivity contribution in [3.05, 3.63) is 98.9 Å². The minimum absolute atomic E-state index is 0.0781. The normalized spacial score (nSPS) is 11.0. The molecule has 2 aromatic carbocycles. The predicted molar refractivity (Wildman–Crippen MR) is 121 cm³/mol. The van der Waals surface area contributed by atoms with Crippen molar-refractivity contribution < 1.29 is 4.79 Å². The zero-order chi connectivity index (χ0) is 21.1. The monoisotopic (exact) mass is 417 g/mol. The van der Waals surface area contributed by atoms with Gasteiger partial charge in [-0.15, -0.1) is 11.3 Å². The summed E-state index contributed by atoms with van der Waals surface area (Å²) in [6, 6.07) is 19.9. The number of aromatic nitrogens is 2. The fourth-order valence-corrected chi connectivity index (χ4v) is 4.65. The van der Waals surface area contributed by atoms with Crippen LogP contribution in [0.1, 0.15) is 33.3 Å². The van der Waals surface area contributed by atoms with Gasteiger partial charge in [0.25, 0.3) is 11.5 Å². The summed E-state index contributed by atoms with van der Waals surface area (Å²) in [7, 11) is 0. The highest BCUT2D eigenvalue weighted by molar-refractivity contribution is 7.20. The highest BCUT2D eigenvalue weighted by atomic mass is 32.1. The van der Waals surface area contributed by atoms with Crippen LogP contribution >= 0.6 is 11.3 Å².